The van der Waals surface area contributed by atoms with Crippen LogP contribution in [0.15, 0.2) is 30.5 Å². The predicted octanol–water partition coefficient (Wildman–Crippen LogP) is 3.79. The van der Waals surface area contributed by atoms with Crippen molar-refractivity contribution in [3.63, 3.8) is 0 Å². The van der Waals surface area contributed by atoms with Crippen LogP contribution in [0.3, 0.4) is 0 Å². The lowest BCUT2D eigenvalue weighted by atomic mass is 10.1. The van der Waals surface area contributed by atoms with Gasteiger partial charge in [-0.05, 0) is 31.5 Å². The van der Waals surface area contributed by atoms with E-state index in [1.54, 1.807) is 11.3 Å². The summed E-state index contributed by atoms with van der Waals surface area (Å²) in [5, 5.41) is 0.985. The minimum atomic E-state index is -0.200. The monoisotopic (exact) mass is 250 g/mol. The highest BCUT2D eigenvalue weighted by Gasteiger charge is 2.14. The summed E-state index contributed by atoms with van der Waals surface area (Å²) in [5.74, 6) is -0.200. The van der Waals surface area contributed by atoms with Gasteiger partial charge < -0.3 is 4.90 Å². The van der Waals surface area contributed by atoms with Crippen LogP contribution in [0.2, 0.25) is 0 Å². The normalized spacial score (nSPS) is 12.5. The average molecular weight is 250 g/mol. The van der Waals surface area contributed by atoms with Gasteiger partial charge in [-0.25, -0.2) is 9.37 Å². The third kappa shape index (κ3) is 2.64. The van der Waals surface area contributed by atoms with E-state index in [0.29, 0.717) is 0 Å². The number of anilines is 1. The summed E-state index contributed by atoms with van der Waals surface area (Å²) < 4.78 is 12.9. The highest BCUT2D eigenvalue weighted by atomic mass is 32.1. The molecule has 1 unspecified atom stereocenters. The second-order valence-corrected chi connectivity index (χ2v) is 5.31. The number of aryl methyl sites for hydroxylation is 1. The van der Waals surface area contributed by atoms with Crippen molar-refractivity contribution in [2.24, 2.45) is 0 Å². The van der Waals surface area contributed by atoms with Gasteiger partial charge >= 0.3 is 0 Å². The first kappa shape index (κ1) is 12.0. The number of hydrogen-bond donors (Lipinski definition) is 0. The third-order valence-electron chi connectivity index (χ3n) is 2.84. The minimum Gasteiger partial charge on any atom is -0.344 e. The van der Waals surface area contributed by atoms with Crippen molar-refractivity contribution in [3.8, 4) is 0 Å². The van der Waals surface area contributed by atoms with Gasteiger partial charge in [-0.3, -0.25) is 0 Å². The van der Waals surface area contributed by atoms with Crippen molar-refractivity contribution in [2.45, 2.75) is 19.9 Å². The summed E-state index contributed by atoms with van der Waals surface area (Å²) in [6.45, 7) is 4.13. The maximum Gasteiger partial charge on any atom is 0.185 e. The third-order valence-corrected chi connectivity index (χ3v) is 3.85. The Labute approximate surface area is 105 Å². The molecule has 0 saturated carbocycles. The maximum atomic E-state index is 12.9. The van der Waals surface area contributed by atoms with Crippen LogP contribution in [-0.2, 0) is 0 Å². The molecule has 1 aromatic carbocycles. The summed E-state index contributed by atoms with van der Waals surface area (Å²) in [4.78, 5) is 7.65. The highest BCUT2D eigenvalue weighted by molar-refractivity contribution is 7.15. The molecule has 17 heavy (non-hydrogen) atoms. The standard InChI is InChI=1S/C13H15FN2S/c1-9-8-15-13(17-9)16(3)10(2)11-4-6-12(14)7-5-11/h4-8,10H,1-3H3. The van der Waals surface area contributed by atoms with Gasteiger partial charge in [-0.1, -0.05) is 12.1 Å². The Hall–Kier alpha value is -1.42. The van der Waals surface area contributed by atoms with E-state index < -0.39 is 0 Å². The van der Waals surface area contributed by atoms with Gasteiger partial charge in [0, 0.05) is 18.1 Å². The molecule has 1 heterocycles. The lowest BCUT2D eigenvalue weighted by Crippen LogP contribution is -2.21. The molecular weight excluding hydrogens is 235 g/mol. The van der Waals surface area contributed by atoms with E-state index in [-0.39, 0.29) is 11.9 Å². The van der Waals surface area contributed by atoms with E-state index in [1.165, 1.54) is 17.0 Å². The van der Waals surface area contributed by atoms with E-state index in [2.05, 4.69) is 16.8 Å². The van der Waals surface area contributed by atoms with E-state index >= 15 is 0 Å². The summed E-state index contributed by atoms with van der Waals surface area (Å²) >= 11 is 1.66. The molecule has 0 aliphatic heterocycles. The Morgan fingerprint density at radius 1 is 1.29 bits per heavy atom. The summed E-state index contributed by atoms with van der Waals surface area (Å²) in [5.41, 5.74) is 1.08. The molecule has 0 spiro atoms. The smallest absolute Gasteiger partial charge is 0.185 e. The van der Waals surface area contributed by atoms with E-state index in [1.807, 2.05) is 32.3 Å². The highest BCUT2D eigenvalue weighted by Crippen LogP contribution is 2.28. The molecule has 4 heteroatoms. The fourth-order valence-corrected chi connectivity index (χ4v) is 2.44. The molecular formula is C13H15FN2S. The first-order valence-electron chi connectivity index (χ1n) is 5.48. The number of aromatic nitrogens is 1. The Balaban J connectivity index is 2.19. The quantitative estimate of drug-likeness (QED) is 0.824. The zero-order valence-electron chi connectivity index (χ0n) is 10.1. The van der Waals surface area contributed by atoms with Crippen molar-refractivity contribution < 1.29 is 4.39 Å². The Morgan fingerprint density at radius 2 is 1.94 bits per heavy atom. The molecule has 0 fully saturated rings. The molecule has 0 saturated heterocycles. The van der Waals surface area contributed by atoms with Crippen molar-refractivity contribution in [1.29, 1.82) is 0 Å². The van der Waals surface area contributed by atoms with Gasteiger partial charge in [0.25, 0.3) is 0 Å². The average Bonchev–Trinajstić information content (AvgIpc) is 2.75. The van der Waals surface area contributed by atoms with Crippen LogP contribution in [0.1, 0.15) is 23.4 Å². The van der Waals surface area contributed by atoms with Crippen molar-refractivity contribution >= 4 is 16.5 Å². The van der Waals surface area contributed by atoms with Crippen molar-refractivity contribution in [3.05, 3.63) is 46.7 Å². The zero-order valence-corrected chi connectivity index (χ0v) is 11.0. The van der Waals surface area contributed by atoms with E-state index in [9.17, 15) is 4.39 Å². The molecule has 0 bridgehead atoms. The molecule has 0 amide bonds. The number of thiazole rings is 1. The molecule has 0 aliphatic carbocycles. The number of nitrogens with zero attached hydrogens (tertiary/aromatic N) is 2. The van der Waals surface area contributed by atoms with Crippen LogP contribution in [0.25, 0.3) is 0 Å². The molecule has 0 N–H and O–H groups in total. The van der Waals surface area contributed by atoms with E-state index in [0.717, 1.165) is 10.7 Å². The van der Waals surface area contributed by atoms with Crippen LogP contribution in [0.4, 0.5) is 9.52 Å². The Kier molecular flexibility index (Phi) is 3.43. The fourth-order valence-electron chi connectivity index (χ4n) is 1.64. The molecule has 0 radical (unpaired) electrons. The number of halogens is 1. The first-order valence-corrected chi connectivity index (χ1v) is 6.30. The lowest BCUT2D eigenvalue weighted by Gasteiger charge is -2.24. The lowest BCUT2D eigenvalue weighted by molar-refractivity contribution is 0.625. The van der Waals surface area contributed by atoms with Crippen molar-refractivity contribution in [1.82, 2.24) is 4.98 Å². The second kappa shape index (κ2) is 4.84. The van der Waals surface area contributed by atoms with Gasteiger partial charge in [0.05, 0.1) is 6.04 Å². The van der Waals surface area contributed by atoms with Crippen LogP contribution in [0, 0.1) is 12.7 Å². The first-order chi connectivity index (χ1) is 8.08. The molecule has 1 aromatic heterocycles. The van der Waals surface area contributed by atoms with Crippen LogP contribution < -0.4 is 4.90 Å². The Bertz CT molecular complexity index is 492. The summed E-state index contributed by atoms with van der Waals surface area (Å²) in [6, 6.07) is 6.80. The number of rotatable bonds is 3. The second-order valence-electron chi connectivity index (χ2n) is 4.09. The maximum absolute atomic E-state index is 12.9. The minimum absolute atomic E-state index is 0.182. The van der Waals surface area contributed by atoms with E-state index in [4.69, 9.17) is 0 Å². The van der Waals surface area contributed by atoms with Gasteiger partial charge in [0.15, 0.2) is 5.13 Å². The molecule has 2 rings (SSSR count). The summed E-state index contributed by atoms with van der Waals surface area (Å²) in [6.07, 6.45) is 1.87. The molecule has 0 aliphatic rings. The van der Waals surface area contributed by atoms with Gasteiger partial charge in [-0.15, -0.1) is 11.3 Å². The largest absolute Gasteiger partial charge is 0.344 e. The van der Waals surface area contributed by atoms with Crippen LogP contribution >= 0.6 is 11.3 Å². The topological polar surface area (TPSA) is 16.1 Å². The molecule has 2 nitrogen and oxygen atoms in total. The fraction of sp³-hybridized carbons (Fsp3) is 0.308. The SMILES string of the molecule is Cc1cnc(N(C)C(C)c2ccc(F)cc2)s1. The van der Waals surface area contributed by atoms with Crippen LogP contribution in [0.5, 0.6) is 0 Å². The van der Waals surface area contributed by atoms with Crippen molar-refractivity contribution in [2.75, 3.05) is 11.9 Å². The summed E-state index contributed by atoms with van der Waals surface area (Å²) in [7, 11) is 2.01. The molecule has 90 valence electrons. The molecule has 2 aromatic rings. The number of benzene rings is 1. The van der Waals surface area contributed by atoms with Gasteiger partial charge in [-0.2, -0.15) is 0 Å². The number of hydrogen-bond acceptors (Lipinski definition) is 3. The predicted molar refractivity (Wildman–Crippen MR) is 70.1 cm³/mol. The van der Waals surface area contributed by atoms with Crippen LogP contribution in [-0.4, -0.2) is 12.0 Å². The van der Waals surface area contributed by atoms with Gasteiger partial charge in [0.1, 0.15) is 5.82 Å². The molecule has 1 atom stereocenters. The Morgan fingerprint density at radius 3 is 2.47 bits per heavy atom. The zero-order chi connectivity index (χ0) is 12.4. The van der Waals surface area contributed by atoms with Gasteiger partial charge in [0.2, 0.25) is 0 Å².